The van der Waals surface area contributed by atoms with Crippen LogP contribution in [0.3, 0.4) is 0 Å². The van der Waals surface area contributed by atoms with Crippen LogP contribution in [0, 0.1) is 6.92 Å². The van der Waals surface area contributed by atoms with Gasteiger partial charge in [0, 0.05) is 24.4 Å². The van der Waals surface area contributed by atoms with E-state index < -0.39 is 0 Å². The summed E-state index contributed by atoms with van der Waals surface area (Å²) in [7, 11) is 0. The Hall–Kier alpha value is -1.07. The molecule has 0 bridgehead atoms. The van der Waals surface area contributed by atoms with E-state index in [4.69, 9.17) is 11.6 Å². The van der Waals surface area contributed by atoms with E-state index in [1.54, 1.807) is 12.4 Å². The van der Waals surface area contributed by atoms with E-state index in [0.29, 0.717) is 5.15 Å². The monoisotopic (exact) mass is 254 g/mol. The Morgan fingerprint density at radius 2 is 2.25 bits per heavy atom. The van der Waals surface area contributed by atoms with Gasteiger partial charge in [-0.1, -0.05) is 18.5 Å². The van der Waals surface area contributed by atoms with E-state index in [9.17, 15) is 0 Å². The molecule has 0 aliphatic rings. The quantitative estimate of drug-likeness (QED) is 0.856. The molecule has 16 heavy (non-hydrogen) atoms. The van der Waals surface area contributed by atoms with Crippen LogP contribution in [0.4, 0.5) is 0 Å². The first-order valence-electron chi connectivity index (χ1n) is 4.91. The number of H-pyrrole nitrogens is 1. The van der Waals surface area contributed by atoms with Gasteiger partial charge in [-0.2, -0.15) is 0 Å². The molecule has 4 nitrogen and oxygen atoms in total. The lowest BCUT2D eigenvalue weighted by molar-refractivity contribution is 0.869. The van der Waals surface area contributed by atoms with Crippen molar-refractivity contribution in [3.8, 4) is 0 Å². The summed E-state index contributed by atoms with van der Waals surface area (Å²) in [5, 5.41) is 2.17. The van der Waals surface area contributed by atoms with Gasteiger partial charge >= 0.3 is 0 Å². The Balaban J connectivity index is 2.36. The van der Waals surface area contributed by atoms with Crippen molar-refractivity contribution in [3.05, 3.63) is 28.9 Å². The van der Waals surface area contributed by atoms with Crippen LogP contribution < -0.4 is 0 Å². The third kappa shape index (κ3) is 2.36. The molecule has 2 aromatic heterocycles. The maximum absolute atomic E-state index is 6.04. The van der Waals surface area contributed by atoms with Crippen LogP contribution in [0.5, 0.6) is 0 Å². The molecular formula is C10H11ClN4S. The zero-order chi connectivity index (χ0) is 11.5. The van der Waals surface area contributed by atoms with Gasteiger partial charge < -0.3 is 4.98 Å². The molecule has 0 aromatic carbocycles. The lowest BCUT2D eigenvalue weighted by Gasteiger charge is -2.06. The van der Waals surface area contributed by atoms with Gasteiger partial charge in [-0.05, 0) is 18.7 Å². The maximum Gasteiger partial charge on any atom is 0.171 e. The smallest absolute Gasteiger partial charge is 0.171 e. The molecule has 0 amide bonds. The van der Waals surface area contributed by atoms with E-state index in [2.05, 4.69) is 19.9 Å². The molecule has 6 heteroatoms. The minimum absolute atomic E-state index is 0.515. The molecule has 0 aliphatic heterocycles. The number of aromatic nitrogens is 4. The van der Waals surface area contributed by atoms with Crippen LogP contribution in [0.15, 0.2) is 22.6 Å². The molecule has 2 rings (SSSR count). The summed E-state index contributed by atoms with van der Waals surface area (Å²) in [6.45, 7) is 3.91. The fourth-order valence-electron chi connectivity index (χ4n) is 1.17. The fourth-order valence-corrected chi connectivity index (χ4v) is 2.23. The molecule has 0 saturated carbocycles. The minimum atomic E-state index is 0.515. The lowest BCUT2D eigenvalue weighted by atomic mass is 10.3. The molecule has 2 heterocycles. The Morgan fingerprint density at radius 3 is 2.88 bits per heavy atom. The first-order chi connectivity index (χ1) is 7.70. The summed E-state index contributed by atoms with van der Waals surface area (Å²) in [6, 6.07) is 0. The minimum Gasteiger partial charge on any atom is -0.339 e. The predicted molar refractivity (Wildman–Crippen MR) is 63.9 cm³/mol. The number of nitrogens with one attached hydrogen (secondary N) is 1. The van der Waals surface area contributed by atoms with E-state index in [1.807, 2.05) is 13.8 Å². The summed E-state index contributed by atoms with van der Waals surface area (Å²) in [5.41, 5.74) is 0.889. The van der Waals surface area contributed by atoms with Crippen molar-refractivity contribution < 1.29 is 0 Å². The van der Waals surface area contributed by atoms with E-state index >= 15 is 0 Å². The Morgan fingerprint density at radius 1 is 1.44 bits per heavy atom. The molecule has 0 fully saturated rings. The third-order valence-electron chi connectivity index (χ3n) is 2.07. The highest BCUT2D eigenvalue weighted by Gasteiger charge is 2.10. The zero-order valence-electron chi connectivity index (χ0n) is 8.99. The molecule has 0 aliphatic carbocycles. The van der Waals surface area contributed by atoms with Crippen LogP contribution in [0.1, 0.15) is 18.3 Å². The zero-order valence-corrected chi connectivity index (χ0v) is 10.6. The number of imidazole rings is 1. The average molecular weight is 255 g/mol. The van der Waals surface area contributed by atoms with Crippen LogP contribution in [-0.2, 0) is 6.42 Å². The molecule has 0 unspecified atom stereocenters. The second-order valence-corrected chi connectivity index (χ2v) is 4.55. The molecular weight excluding hydrogens is 244 g/mol. The van der Waals surface area contributed by atoms with Crippen molar-refractivity contribution in [1.82, 2.24) is 19.9 Å². The van der Waals surface area contributed by atoms with Gasteiger partial charge in [-0.3, -0.25) is 0 Å². The van der Waals surface area contributed by atoms with Gasteiger partial charge in [0.2, 0.25) is 0 Å². The number of hydrogen-bond acceptors (Lipinski definition) is 4. The molecule has 2 aromatic rings. The lowest BCUT2D eigenvalue weighted by Crippen LogP contribution is -1.98. The summed E-state index contributed by atoms with van der Waals surface area (Å²) < 4.78 is 0. The maximum atomic E-state index is 6.04. The van der Waals surface area contributed by atoms with E-state index in [1.165, 1.54) is 11.8 Å². The van der Waals surface area contributed by atoms with E-state index in [-0.39, 0.29) is 0 Å². The number of rotatable bonds is 3. The Labute approximate surface area is 103 Å². The average Bonchev–Trinajstić information content (AvgIpc) is 2.77. The highest BCUT2D eigenvalue weighted by molar-refractivity contribution is 7.99. The van der Waals surface area contributed by atoms with Crippen molar-refractivity contribution >= 4 is 23.4 Å². The molecule has 1 N–H and O–H groups in total. The van der Waals surface area contributed by atoms with E-state index in [0.717, 1.165) is 28.0 Å². The highest BCUT2D eigenvalue weighted by Crippen LogP contribution is 2.28. The van der Waals surface area contributed by atoms with Gasteiger partial charge in [-0.25, -0.2) is 15.0 Å². The highest BCUT2D eigenvalue weighted by atomic mass is 35.5. The summed E-state index contributed by atoms with van der Waals surface area (Å²) >= 11 is 7.51. The Bertz CT molecular complexity index is 484. The second kappa shape index (κ2) is 4.84. The normalized spacial score (nSPS) is 10.7. The van der Waals surface area contributed by atoms with Gasteiger partial charge in [0.15, 0.2) is 5.16 Å². The number of aromatic amines is 1. The summed E-state index contributed by atoms with van der Waals surface area (Å²) in [6.07, 6.45) is 4.26. The third-order valence-corrected chi connectivity index (χ3v) is 3.45. The number of nitrogens with zero attached hydrogens (tertiary/aromatic N) is 3. The first-order valence-corrected chi connectivity index (χ1v) is 6.10. The van der Waals surface area contributed by atoms with Crippen LogP contribution in [0.25, 0.3) is 0 Å². The largest absolute Gasteiger partial charge is 0.339 e. The van der Waals surface area contributed by atoms with Crippen molar-refractivity contribution in [1.29, 1.82) is 0 Å². The van der Waals surface area contributed by atoms with Crippen molar-refractivity contribution in [2.75, 3.05) is 0 Å². The molecule has 0 atom stereocenters. The summed E-state index contributed by atoms with van der Waals surface area (Å²) in [5.74, 6) is 0.754. The van der Waals surface area contributed by atoms with Crippen LogP contribution in [-0.4, -0.2) is 19.9 Å². The topological polar surface area (TPSA) is 54.5 Å². The molecule has 0 radical (unpaired) electrons. The SMILES string of the molecule is CCc1nc(Cl)c(C)c(Sc2ncc[nH]2)n1. The standard InChI is InChI=1S/C10H11ClN4S/c1-3-7-14-8(11)6(2)9(15-7)16-10-12-4-5-13-10/h4-5H,3H2,1-2H3,(H,12,13). The Kier molecular flexibility index (Phi) is 3.46. The van der Waals surface area contributed by atoms with Gasteiger partial charge in [0.25, 0.3) is 0 Å². The fraction of sp³-hybridized carbons (Fsp3) is 0.300. The van der Waals surface area contributed by atoms with Crippen LogP contribution in [0.2, 0.25) is 5.15 Å². The predicted octanol–water partition coefficient (Wildman–Crippen LogP) is 2.88. The first kappa shape index (κ1) is 11.4. The van der Waals surface area contributed by atoms with Gasteiger partial charge in [0.05, 0.1) is 0 Å². The summed E-state index contributed by atoms with van der Waals surface area (Å²) in [4.78, 5) is 15.8. The number of aryl methyl sites for hydroxylation is 1. The van der Waals surface area contributed by atoms with Gasteiger partial charge in [-0.15, -0.1) is 0 Å². The van der Waals surface area contributed by atoms with Crippen molar-refractivity contribution in [2.45, 2.75) is 30.5 Å². The van der Waals surface area contributed by atoms with Crippen molar-refractivity contribution in [2.24, 2.45) is 0 Å². The second-order valence-electron chi connectivity index (χ2n) is 3.21. The molecule has 84 valence electrons. The molecule has 0 spiro atoms. The van der Waals surface area contributed by atoms with Gasteiger partial charge in [0.1, 0.15) is 16.0 Å². The number of hydrogen-bond donors (Lipinski definition) is 1. The van der Waals surface area contributed by atoms with Crippen LogP contribution >= 0.6 is 23.4 Å². The molecule has 0 saturated heterocycles. The number of halogens is 1. The van der Waals surface area contributed by atoms with Crippen molar-refractivity contribution in [3.63, 3.8) is 0 Å².